The highest BCUT2D eigenvalue weighted by Gasteiger charge is 2.29. The number of hydrogen-bond donors (Lipinski definition) is 0. The number of hydrogen-bond acceptors (Lipinski definition) is 6. The van der Waals surface area contributed by atoms with Crippen molar-refractivity contribution < 1.29 is 0 Å². The third kappa shape index (κ3) is 3.17. The van der Waals surface area contributed by atoms with Gasteiger partial charge in [-0.15, -0.1) is 11.3 Å². The van der Waals surface area contributed by atoms with Crippen LogP contribution in [0.3, 0.4) is 0 Å². The van der Waals surface area contributed by atoms with Crippen LogP contribution >= 0.6 is 23.1 Å². The lowest BCUT2D eigenvalue weighted by Crippen LogP contribution is -2.49. The Morgan fingerprint density at radius 2 is 2.12 bits per heavy atom. The van der Waals surface area contributed by atoms with Crippen molar-refractivity contribution in [3.63, 3.8) is 0 Å². The highest BCUT2D eigenvalue weighted by molar-refractivity contribution is 7.98. The number of thiazole rings is 1. The lowest BCUT2D eigenvalue weighted by molar-refractivity contribution is 0.0763. The second-order valence-electron chi connectivity index (χ2n) is 7.33. The smallest absolute Gasteiger partial charge is 0.267 e. The van der Waals surface area contributed by atoms with Crippen molar-refractivity contribution in [3.8, 4) is 0 Å². The molecule has 0 aromatic carbocycles. The largest absolute Gasteiger partial charge is 0.296 e. The van der Waals surface area contributed by atoms with E-state index in [0.29, 0.717) is 5.92 Å². The highest BCUT2D eigenvalue weighted by atomic mass is 32.2. The summed E-state index contributed by atoms with van der Waals surface area (Å²) in [7, 11) is 0. The summed E-state index contributed by atoms with van der Waals surface area (Å²) in [5, 5.41) is 5.91. The SMILES string of the molecule is O=c1cc2c(nn1CC1CN(Cc3nc4c(s3)CCC4)C1)CCSC2. The summed E-state index contributed by atoms with van der Waals surface area (Å²) in [6.45, 7) is 3.82. The number of fused-ring (bicyclic) bond motifs is 2. The van der Waals surface area contributed by atoms with Crippen LogP contribution < -0.4 is 5.56 Å². The number of rotatable bonds is 4. The average molecular weight is 375 g/mol. The summed E-state index contributed by atoms with van der Waals surface area (Å²) in [6.07, 6.45) is 4.66. The number of thioether (sulfide) groups is 1. The Balaban J connectivity index is 1.19. The van der Waals surface area contributed by atoms with E-state index in [4.69, 9.17) is 4.98 Å². The predicted molar refractivity (Wildman–Crippen MR) is 101 cm³/mol. The third-order valence-corrected chi connectivity index (χ3v) is 7.52. The van der Waals surface area contributed by atoms with E-state index in [1.54, 1.807) is 4.68 Å². The maximum absolute atomic E-state index is 12.3. The Bertz CT molecular complexity index is 832. The molecule has 0 unspecified atom stereocenters. The topological polar surface area (TPSA) is 51.0 Å². The first-order chi connectivity index (χ1) is 12.2. The Labute approximate surface area is 155 Å². The lowest BCUT2D eigenvalue weighted by Gasteiger charge is -2.38. The number of aromatic nitrogens is 3. The molecule has 0 spiro atoms. The van der Waals surface area contributed by atoms with Gasteiger partial charge in [-0.2, -0.15) is 16.9 Å². The molecule has 25 heavy (non-hydrogen) atoms. The van der Waals surface area contributed by atoms with Gasteiger partial charge in [0.05, 0.1) is 24.5 Å². The molecule has 5 nitrogen and oxygen atoms in total. The van der Waals surface area contributed by atoms with Crippen LogP contribution in [0.25, 0.3) is 0 Å². The maximum Gasteiger partial charge on any atom is 0.267 e. The zero-order valence-corrected chi connectivity index (χ0v) is 15.9. The third-order valence-electron chi connectivity index (χ3n) is 5.37. The molecule has 1 aliphatic carbocycles. The summed E-state index contributed by atoms with van der Waals surface area (Å²) in [6, 6.07) is 1.81. The molecular weight excluding hydrogens is 352 g/mol. The van der Waals surface area contributed by atoms with E-state index in [1.165, 1.54) is 34.8 Å². The maximum atomic E-state index is 12.3. The van der Waals surface area contributed by atoms with Crippen LogP contribution in [0.5, 0.6) is 0 Å². The van der Waals surface area contributed by atoms with E-state index in [1.807, 2.05) is 29.2 Å². The number of likely N-dealkylation sites (tertiary alicyclic amines) is 1. The number of aryl methyl sites for hydroxylation is 3. The summed E-state index contributed by atoms with van der Waals surface area (Å²) in [5.74, 6) is 2.59. The van der Waals surface area contributed by atoms with Crippen molar-refractivity contribution in [1.29, 1.82) is 0 Å². The molecular formula is C18H22N4OS2. The van der Waals surface area contributed by atoms with Gasteiger partial charge in [-0.1, -0.05) is 0 Å². The molecule has 2 aromatic heterocycles. The Kier molecular flexibility index (Phi) is 4.18. The molecule has 1 fully saturated rings. The Hall–Kier alpha value is -1.18. The lowest BCUT2D eigenvalue weighted by atomic mass is 10.0. The van der Waals surface area contributed by atoms with Crippen LogP contribution in [-0.2, 0) is 38.1 Å². The minimum absolute atomic E-state index is 0.0658. The fourth-order valence-corrected chi connectivity index (χ4v) is 6.20. The summed E-state index contributed by atoms with van der Waals surface area (Å²) < 4.78 is 1.70. The van der Waals surface area contributed by atoms with Gasteiger partial charge in [0.25, 0.3) is 5.56 Å². The predicted octanol–water partition coefficient (Wildman–Crippen LogP) is 2.11. The molecule has 3 aliphatic rings. The minimum atomic E-state index is 0.0658. The molecule has 0 bridgehead atoms. The van der Waals surface area contributed by atoms with Gasteiger partial charge in [0.2, 0.25) is 0 Å². The highest BCUT2D eigenvalue weighted by Crippen LogP contribution is 2.29. The van der Waals surface area contributed by atoms with Crippen LogP contribution in [-0.4, -0.2) is 38.5 Å². The zero-order valence-electron chi connectivity index (χ0n) is 14.2. The molecule has 0 atom stereocenters. The molecule has 0 saturated carbocycles. The van der Waals surface area contributed by atoms with Gasteiger partial charge in [-0.25, -0.2) is 9.67 Å². The van der Waals surface area contributed by atoms with Gasteiger partial charge in [0.15, 0.2) is 0 Å². The van der Waals surface area contributed by atoms with Gasteiger partial charge in [-0.3, -0.25) is 9.69 Å². The van der Waals surface area contributed by atoms with E-state index < -0.39 is 0 Å². The van der Waals surface area contributed by atoms with E-state index in [0.717, 1.165) is 55.4 Å². The molecule has 0 amide bonds. The van der Waals surface area contributed by atoms with E-state index in [9.17, 15) is 4.79 Å². The zero-order chi connectivity index (χ0) is 16.8. The van der Waals surface area contributed by atoms with E-state index in [-0.39, 0.29) is 5.56 Å². The second kappa shape index (κ2) is 6.52. The molecule has 2 aromatic rings. The second-order valence-corrected chi connectivity index (χ2v) is 9.60. The fourth-order valence-electron chi connectivity index (χ4n) is 4.05. The fraction of sp³-hybridized carbons (Fsp3) is 0.611. The van der Waals surface area contributed by atoms with Gasteiger partial charge in [-0.05, 0) is 30.6 Å². The van der Waals surface area contributed by atoms with Crippen molar-refractivity contribution in [3.05, 3.63) is 43.3 Å². The van der Waals surface area contributed by atoms with Crippen molar-refractivity contribution in [2.24, 2.45) is 5.92 Å². The first kappa shape index (κ1) is 16.0. The summed E-state index contributed by atoms with van der Waals surface area (Å²) in [5.41, 5.74) is 3.69. The van der Waals surface area contributed by atoms with Gasteiger partial charge in [0, 0.05) is 42.1 Å². The van der Waals surface area contributed by atoms with Gasteiger partial charge < -0.3 is 0 Å². The molecule has 1 saturated heterocycles. The van der Waals surface area contributed by atoms with Crippen molar-refractivity contribution in [2.75, 3.05) is 18.8 Å². The quantitative estimate of drug-likeness (QED) is 0.820. The van der Waals surface area contributed by atoms with Crippen LogP contribution in [0.15, 0.2) is 10.9 Å². The van der Waals surface area contributed by atoms with Crippen molar-refractivity contribution in [2.45, 2.75) is 44.5 Å². The first-order valence-corrected chi connectivity index (χ1v) is 11.1. The average Bonchev–Trinajstić information content (AvgIpc) is 3.14. The van der Waals surface area contributed by atoms with Crippen LogP contribution in [0, 0.1) is 5.92 Å². The van der Waals surface area contributed by atoms with Gasteiger partial charge in [0.1, 0.15) is 5.01 Å². The summed E-state index contributed by atoms with van der Waals surface area (Å²) >= 11 is 3.79. The normalized spacial score (nSPS) is 20.3. The molecule has 5 rings (SSSR count). The first-order valence-electron chi connectivity index (χ1n) is 9.12. The van der Waals surface area contributed by atoms with Gasteiger partial charge >= 0.3 is 0 Å². The number of nitrogens with zero attached hydrogens (tertiary/aromatic N) is 4. The Morgan fingerprint density at radius 3 is 3.00 bits per heavy atom. The molecule has 4 heterocycles. The van der Waals surface area contributed by atoms with Crippen LogP contribution in [0.2, 0.25) is 0 Å². The molecule has 0 N–H and O–H groups in total. The van der Waals surface area contributed by atoms with E-state index in [2.05, 4.69) is 10.00 Å². The molecule has 2 aliphatic heterocycles. The molecule has 7 heteroatoms. The molecule has 132 valence electrons. The minimum Gasteiger partial charge on any atom is -0.296 e. The van der Waals surface area contributed by atoms with E-state index >= 15 is 0 Å². The van der Waals surface area contributed by atoms with Crippen molar-refractivity contribution >= 4 is 23.1 Å². The van der Waals surface area contributed by atoms with Crippen LogP contribution in [0.1, 0.15) is 33.3 Å². The molecule has 0 radical (unpaired) electrons. The summed E-state index contributed by atoms with van der Waals surface area (Å²) in [4.78, 5) is 21.0. The van der Waals surface area contributed by atoms with Crippen LogP contribution in [0.4, 0.5) is 0 Å². The van der Waals surface area contributed by atoms with Crippen molar-refractivity contribution in [1.82, 2.24) is 19.7 Å². The Morgan fingerprint density at radius 1 is 1.20 bits per heavy atom. The monoisotopic (exact) mass is 374 g/mol. The standard InChI is InChI=1S/C18H22N4OS2/c23-18-6-13-11-24-5-4-14(13)20-22(18)9-12-7-21(8-12)10-17-19-15-2-1-3-16(15)25-17/h6,12H,1-5,7-11H2.